The van der Waals surface area contributed by atoms with Crippen LogP contribution in [0.4, 0.5) is 0 Å². The van der Waals surface area contributed by atoms with Gasteiger partial charge in [0.1, 0.15) is 5.60 Å². The van der Waals surface area contributed by atoms with E-state index in [-0.39, 0.29) is 5.92 Å². The highest BCUT2D eigenvalue weighted by Gasteiger charge is 2.38. The van der Waals surface area contributed by atoms with Gasteiger partial charge in [-0.3, -0.25) is 0 Å². The van der Waals surface area contributed by atoms with Crippen molar-refractivity contribution in [3.05, 3.63) is 33.4 Å². The first-order chi connectivity index (χ1) is 7.92. The summed E-state index contributed by atoms with van der Waals surface area (Å²) in [6.45, 7) is 10.5. The van der Waals surface area contributed by atoms with E-state index < -0.39 is 5.60 Å². The van der Waals surface area contributed by atoms with Crippen LogP contribution in [-0.4, -0.2) is 10.4 Å². The Kier molecular flexibility index (Phi) is 5.29. The fourth-order valence-electron chi connectivity index (χ4n) is 1.82. The van der Waals surface area contributed by atoms with Crippen LogP contribution in [0, 0.1) is 5.92 Å². The van der Waals surface area contributed by atoms with Crippen molar-refractivity contribution in [1.82, 2.24) is 0 Å². The normalized spacial score (nSPS) is 16.6. The second kappa shape index (κ2) is 6.07. The van der Waals surface area contributed by atoms with E-state index >= 15 is 0 Å². The van der Waals surface area contributed by atoms with Crippen molar-refractivity contribution in [1.29, 1.82) is 0 Å². The lowest BCUT2D eigenvalue weighted by atomic mass is 9.88. The largest absolute Gasteiger partial charge is 0.379 e. The van der Waals surface area contributed by atoms with Crippen molar-refractivity contribution in [2.75, 3.05) is 0 Å². The Morgan fingerprint density at radius 3 is 2.41 bits per heavy atom. The molecule has 1 aromatic heterocycles. The molecule has 96 valence electrons. The van der Waals surface area contributed by atoms with Crippen molar-refractivity contribution in [3.8, 4) is 0 Å². The van der Waals surface area contributed by atoms with Crippen LogP contribution in [-0.2, 0) is 5.60 Å². The highest BCUT2D eigenvalue weighted by atomic mass is 32.2. The Hall–Kier alpha value is -0.250. The Morgan fingerprint density at radius 1 is 1.41 bits per heavy atom. The molecule has 1 atom stereocenters. The van der Waals surface area contributed by atoms with Crippen LogP contribution < -0.4 is 0 Å². The molecule has 0 aromatic carbocycles. The van der Waals surface area contributed by atoms with Crippen LogP contribution in [0.15, 0.2) is 28.5 Å². The predicted octanol–water partition coefficient (Wildman–Crippen LogP) is 4.64. The van der Waals surface area contributed by atoms with Gasteiger partial charge in [-0.05, 0) is 24.3 Å². The first-order valence-electron chi connectivity index (χ1n) is 6.02. The predicted molar refractivity (Wildman–Crippen MR) is 79.5 cm³/mol. The molecule has 0 amide bonds. The molecule has 0 aliphatic rings. The molecule has 1 rings (SSSR count). The molecule has 17 heavy (non-hydrogen) atoms. The van der Waals surface area contributed by atoms with Gasteiger partial charge in [-0.1, -0.05) is 39.8 Å². The number of hydrogen-bond acceptors (Lipinski definition) is 3. The summed E-state index contributed by atoms with van der Waals surface area (Å²) in [7, 11) is 0. The van der Waals surface area contributed by atoms with Gasteiger partial charge in [0.25, 0.3) is 0 Å². The second-order valence-electron chi connectivity index (χ2n) is 4.72. The maximum atomic E-state index is 11.1. The Morgan fingerprint density at radius 2 is 2.06 bits per heavy atom. The van der Waals surface area contributed by atoms with Gasteiger partial charge in [0.2, 0.25) is 0 Å². The zero-order chi connectivity index (χ0) is 13.1. The summed E-state index contributed by atoms with van der Waals surface area (Å²) >= 11 is 3.38. The number of aliphatic hydroxyl groups is 1. The lowest BCUT2D eigenvalue weighted by Crippen LogP contribution is -2.32. The van der Waals surface area contributed by atoms with E-state index in [1.165, 1.54) is 0 Å². The molecule has 0 spiro atoms. The smallest absolute Gasteiger partial charge is 0.131 e. The second-order valence-corrected chi connectivity index (χ2v) is 7.28. The van der Waals surface area contributed by atoms with Crippen LogP contribution in [0.3, 0.4) is 0 Å². The van der Waals surface area contributed by atoms with Crippen molar-refractivity contribution in [2.24, 2.45) is 5.92 Å². The van der Waals surface area contributed by atoms with Gasteiger partial charge in [-0.25, -0.2) is 0 Å². The summed E-state index contributed by atoms with van der Waals surface area (Å²) in [6, 6.07) is 4.02. The van der Waals surface area contributed by atoms with E-state index in [4.69, 9.17) is 0 Å². The first-order valence-corrected chi connectivity index (χ1v) is 7.78. The number of thioether (sulfide) groups is 1. The zero-order valence-electron chi connectivity index (χ0n) is 11.2. The van der Waals surface area contributed by atoms with Crippen molar-refractivity contribution < 1.29 is 5.11 Å². The molecule has 1 nitrogen and oxygen atoms in total. The summed E-state index contributed by atoms with van der Waals surface area (Å²) in [4.78, 5) is 2.10. The SMILES string of the molecule is C/C=C(\SC(C)C)C(O)(c1cccs1)C(C)C. The fourth-order valence-corrected chi connectivity index (χ4v) is 4.04. The fraction of sp³-hybridized carbons (Fsp3) is 0.571. The number of allylic oxidation sites excluding steroid dienone is 1. The van der Waals surface area contributed by atoms with E-state index in [9.17, 15) is 5.11 Å². The topological polar surface area (TPSA) is 20.2 Å². The summed E-state index contributed by atoms with van der Waals surface area (Å²) in [5.41, 5.74) is -0.835. The minimum Gasteiger partial charge on any atom is -0.379 e. The maximum Gasteiger partial charge on any atom is 0.131 e. The minimum atomic E-state index is -0.835. The average molecular weight is 270 g/mol. The van der Waals surface area contributed by atoms with Crippen molar-refractivity contribution in [3.63, 3.8) is 0 Å². The van der Waals surface area contributed by atoms with Crippen molar-refractivity contribution in [2.45, 2.75) is 45.5 Å². The maximum absolute atomic E-state index is 11.1. The first kappa shape index (κ1) is 14.8. The van der Waals surface area contributed by atoms with Crippen LogP contribution in [0.5, 0.6) is 0 Å². The number of rotatable bonds is 5. The molecule has 0 saturated heterocycles. The summed E-state index contributed by atoms with van der Waals surface area (Å²) in [6.07, 6.45) is 2.05. The molecule has 0 aliphatic heterocycles. The van der Waals surface area contributed by atoms with E-state index in [1.807, 2.05) is 30.5 Å². The number of thiophene rings is 1. The van der Waals surface area contributed by atoms with Gasteiger partial charge in [0, 0.05) is 15.0 Å². The molecule has 0 saturated carbocycles. The van der Waals surface area contributed by atoms with Crippen molar-refractivity contribution >= 4 is 23.1 Å². The molecular formula is C14H22OS2. The van der Waals surface area contributed by atoms with Gasteiger partial charge in [-0.15, -0.1) is 23.1 Å². The molecule has 1 N–H and O–H groups in total. The quantitative estimate of drug-likeness (QED) is 0.841. The minimum absolute atomic E-state index is 0.165. The van der Waals surface area contributed by atoms with Crippen LogP contribution in [0.1, 0.15) is 39.5 Å². The van der Waals surface area contributed by atoms with Crippen LogP contribution in [0.25, 0.3) is 0 Å². The third kappa shape index (κ3) is 3.15. The molecule has 1 heterocycles. The summed E-state index contributed by atoms with van der Waals surface area (Å²) in [5, 5.41) is 13.6. The van der Waals surface area contributed by atoms with E-state index in [2.05, 4.69) is 27.7 Å². The molecular weight excluding hydrogens is 248 g/mol. The lowest BCUT2D eigenvalue weighted by molar-refractivity contribution is 0.0394. The summed E-state index contributed by atoms with van der Waals surface area (Å²) in [5.74, 6) is 0.165. The third-order valence-corrected chi connectivity index (χ3v) is 5.00. The molecule has 1 unspecified atom stereocenters. The molecule has 0 bridgehead atoms. The zero-order valence-corrected chi connectivity index (χ0v) is 12.9. The molecule has 0 aliphatic carbocycles. The standard InChI is InChI=1S/C14H22OS2/c1-6-12(17-11(4)5)14(15,10(2)3)13-8-7-9-16-13/h6-11,15H,1-5H3/b12-6-. The van der Waals surface area contributed by atoms with Gasteiger partial charge >= 0.3 is 0 Å². The Balaban J connectivity index is 3.16. The third-order valence-electron chi connectivity index (χ3n) is 2.73. The average Bonchev–Trinajstić information content (AvgIpc) is 2.77. The summed E-state index contributed by atoms with van der Waals surface area (Å²) < 4.78 is 0. The Labute approximate surface area is 113 Å². The van der Waals surface area contributed by atoms with E-state index in [0.717, 1.165) is 9.78 Å². The monoisotopic (exact) mass is 270 g/mol. The number of hydrogen-bond donors (Lipinski definition) is 1. The molecule has 3 heteroatoms. The molecule has 0 fully saturated rings. The van der Waals surface area contributed by atoms with Gasteiger partial charge in [0.05, 0.1) is 0 Å². The Bertz CT molecular complexity index is 366. The van der Waals surface area contributed by atoms with Gasteiger partial charge < -0.3 is 5.11 Å². The highest BCUT2D eigenvalue weighted by Crippen LogP contribution is 2.45. The molecule has 0 radical (unpaired) electrons. The lowest BCUT2D eigenvalue weighted by Gasteiger charge is -2.34. The van der Waals surface area contributed by atoms with E-state index in [0.29, 0.717) is 5.25 Å². The highest BCUT2D eigenvalue weighted by molar-refractivity contribution is 8.03. The van der Waals surface area contributed by atoms with Gasteiger partial charge in [-0.2, -0.15) is 0 Å². The van der Waals surface area contributed by atoms with Gasteiger partial charge in [0.15, 0.2) is 0 Å². The van der Waals surface area contributed by atoms with Crippen LogP contribution in [0.2, 0.25) is 0 Å². The molecule has 1 aromatic rings. The van der Waals surface area contributed by atoms with E-state index in [1.54, 1.807) is 23.1 Å². The van der Waals surface area contributed by atoms with Crippen LogP contribution >= 0.6 is 23.1 Å².